The van der Waals surface area contributed by atoms with Crippen molar-refractivity contribution in [2.45, 2.75) is 19.4 Å². The minimum atomic E-state index is -0.248. The molecule has 0 radical (unpaired) electrons. The number of benzene rings is 1. The summed E-state index contributed by atoms with van der Waals surface area (Å²) in [5.41, 5.74) is 2.36. The van der Waals surface area contributed by atoms with Gasteiger partial charge < -0.3 is 9.80 Å². The van der Waals surface area contributed by atoms with Crippen LogP contribution in [-0.2, 0) is 13.0 Å². The van der Waals surface area contributed by atoms with Crippen molar-refractivity contribution in [2.75, 3.05) is 52.9 Å². The molecule has 2 aliphatic heterocycles. The molecule has 1 fully saturated rings. The number of nitrogens with zero attached hydrogens (tertiary/aromatic N) is 4. The van der Waals surface area contributed by atoms with Crippen LogP contribution in [0.15, 0.2) is 18.2 Å². The van der Waals surface area contributed by atoms with Gasteiger partial charge in [0.25, 0.3) is 5.69 Å². The Hall–Kier alpha value is -1.50. The normalized spacial score (nSPS) is 20.4. The Balaban J connectivity index is 1.48. The second-order valence-corrected chi connectivity index (χ2v) is 6.70. The van der Waals surface area contributed by atoms with Gasteiger partial charge in [-0.15, -0.1) is 0 Å². The first kappa shape index (κ1) is 16.4. The summed E-state index contributed by atoms with van der Waals surface area (Å²) in [6.07, 6.45) is 1.97. The van der Waals surface area contributed by atoms with Crippen LogP contribution in [0.25, 0.3) is 0 Å². The van der Waals surface area contributed by atoms with Gasteiger partial charge in [-0.2, -0.15) is 0 Å². The summed E-state index contributed by atoms with van der Waals surface area (Å²) in [6.45, 7) is 8.69. The van der Waals surface area contributed by atoms with Crippen LogP contribution in [-0.4, -0.2) is 72.5 Å². The molecule has 23 heavy (non-hydrogen) atoms. The zero-order valence-electron chi connectivity index (χ0n) is 13.9. The van der Waals surface area contributed by atoms with E-state index in [1.54, 1.807) is 6.07 Å². The number of rotatable bonds is 5. The highest BCUT2D eigenvalue weighted by Gasteiger charge is 2.23. The maximum absolute atomic E-state index is 11.1. The van der Waals surface area contributed by atoms with Gasteiger partial charge in [0.15, 0.2) is 0 Å². The lowest BCUT2D eigenvalue weighted by molar-refractivity contribution is -0.385. The molecule has 0 saturated carbocycles. The topological polar surface area (TPSA) is 52.9 Å². The number of nitro groups is 1. The molecule has 0 N–H and O–H groups in total. The predicted octanol–water partition coefficient (Wildman–Crippen LogP) is 1.59. The fourth-order valence-electron chi connectivity index (χ4n) is 3.60. The SMILES string of the molecule is CN1CCN(CCCN2CCc3c(cccc3[N+](=O)[O-])C2)CC1. The fourth-order valence-corrected chi connectivity index (χ4v) is 3.60. The molecule has 0 atom stereocenters. The molecule has 2 heterocycles. The van der Waals surface area contributed by atoms with Crippen LogP contribution in [0.3, 0.4) is 0 Å². The molecular weight excluding hydrogens is 292 g/mol. The molecule has 2 aliphatic rings. The van der Waals surface area contributed by atoms with Crippen LogP contribution in [0.1, 0.15) is 17.5 Å². The third kappa shape index (κ3) is 4.07. The largest absolute Gasteiger partial charge is 0.304 e. The Kier molecular flexibility index (Phi) is 5.25. The summed E-state index contributed by atoms with van der Waals surface area (Å²) < 4.78 is 0. The van der Waals surface area contributed by atoms with Crippen molar-refractivity contribution in [1.29, 1.82) is 0 Å². The number of likely N-dealkylation sites (N-methyl/N-ethyl adjacent to an activating group) is 1. The van der Waals surface area contributed by atoms with E-state index in [2.05, 4.69) is 21.7 Å². The van der Waals surface area contributed by atoms with E-state index in [0.29, 0.717) is 5.69 Å². The Labute approximate surface area is 137 Å². The molecule has 0 aliphatic carbocycles. The zero-order valence-corrected chi connectivity index (χ0v) is 13.9. The van der Waals surface area contributed by atoms with E-state index in [-0.39, 0.29) is 4.92 Å². The van der Waals surface area contributed by atoms with E-state index in [1.165, 1.54) is 32.6 Å². The smallest absolute Gasteiger partial charge is 0.272 e. The maximum atomic E-state index is 11.1. The molecular formula is C17H26N4O2. The third-order valence-corrected chi connectivity index (χ3v) is 5.06. The summed E-state index contributed by atoms with van der Waals surface area (Å²) >= 11 is 0. The molecule has 1 saturated heterocycles. The average Bonchev–Trinajstić information content (AvgIpc) is 2.56. The molecule has 0 unspecified atom stereocenters. The van der Waals surface area contributed by atoms with Crippen LogP contribution < -0.4 is 0 Å². The lowest BCUT2D eigenvalue weighted by atomic mass is 9.98. The van der Waals surface area contributed by atoms with Gasteiger partial charge in [-0.3, -0.25) is 15.0 Å². The fraction of sp³-hybridized carbons (Fsp3) is 0.647. The van der Waals surface area contributed by atoms with Gasteiger partial charge in [0.2, 0.25) is 0 Å². The lowest BCUT2D eigenvalue weighted by Crippen LogP contribution is -2.45. The van der Waals surface area contributed by atoms with Crippen molar-refractivity contribution in [3.8, 4) is 0 Å². The number of nitro benzene ring substituents is 1. The minimum absolute atomic E-state index is 0.248. The van der Waals surface area contributed by atoms with E-state index in [4.69, 9.17) is 0 Å². The summed E-state index contributed by atoms with van der Waals surface area (Å²) in [5.74, 6) is 0. The van der Waals surface area contributed by atoms with Crippen molar-refractivity contribution < 1.29 is 4.92 Å². The van der Waals surface area contributed by atoms with E-state index in [0.717, 1.165) is 43.7 Å². The van der Waals surface area contributed by atoms with Gasteiger partial charge in [-0.05, 0) is 38.5 Å². The van der Waals surface area contributed by atoms with Crippen molar-refractivity contribution in [3.05, 3.63) is 39.4 Å². The zero-order chi connectivity index (χ0) is 16.2. The molecule has 0 aromatic heterocycles. The predicted molar refractivity (Wildman–Crippen MR) is 90.6 cm³/mol. The van der Waals surface area contributed by atoms with Crippen molar-refractivity contribution in [3.63, 3.8) is 0 Å². The minimum Gasteiger partial charge on any atom is -0.304 e. The second kappa shape index (κ2) is 7.38. The molecule has 1 aromatic carbocycles. The number of hydrogen-bond donors (Lipinski definition) is 0. The van der Waals surface area contributed by atoms with Gasteiger partial charge in [-0.1, -0.05) is 12.1 Å². The maximum Gasteiger partial charge on any atom is 0.272 e. The first-order valence-corrected chi connectivity index (χ1v) is 8.52. The highest BCUT2D eigenvalue weighted by atomic mass is 16.6. The second-order valence-electron chi connectivity index (χ2n) is 6.70. The quantitative estimate of drug-likeness (QED) is 0.609. The van der Waals surface area contributed by atoms with E-state index >= 15 is 0 Å². The Morgan fingerprint density at radius 1 is 1.09 bits per heavy atom. The molecule has 6 nitrogen and oxygen atoms in total. The lowest BCUT2D eigenvalue weighted by Gasteiger charge is -2.33. The van der Waals surface area contributed by atoms with Gasteiger partial charge in [-0.25, -0.2) is 0 Å². The average molecular weight is 318 g/mol. The van der Waals surface area contributed by atoms with Gasteiger partial charge in [0.05, 0.1) is 4.92 Å². The van der Waals surface area contributed by atoms with Crippen LogP contribution in [0.4, 0.5) is 5.69 Å². The summed E-state index contributed by atoms with van der Waals surface area (Å²) in [6, 6.07) is 5.47. The highest BCUT2D eigenvalue weighted by molar-refractivity contribution is 5.46. The van der Waals surface area contributed by atoms with E-state index < -0.39 is 0 Å². The highest BCUT2D eigenvalue weighted by Crippen LogP contribution is 2.27. The first-order chi connectivity index (χ1) is 11.1. The monoisotopic (exact) mass is 318 g/mol. The molecule has 1 aromatic rings. The summed E-state index contributed by atoms with van der Waals surface area (Å²) in [5, 5.41) is 11.1. The Morgan fingerprint density at radius 3 is 2.57 bits per heavy atom. The van der Waals surface area contributed by atoms with Crippen LogP contribution >= 0.6 is 0 Å². The number of hydrogen-bond acceptors (Lipinski definition) is 5. The van der Waals surface area contributed by atoms with E-state index in [9.17, 15) is 10.1 Å². The summed E-state index contributed by atoms with van der Waals surface area (Å²) in [7, 11) is 2.18. The van der Waals surface area contributed by atoms with Crippen molar-refractivity contribution in [2.24, 2.45) is 0 Å². The molecule has 126 valence electrons. The number of fused-ring (bicyclic) bond motifs is 1. The van der Waals surface area contributed by atoms with E-state index in [1.807, 2.05) is 12.1 Å². The summed E-state index contributed by atoms with van der Waals surface area (Å²) in [4.78, 5) is 18.2. The van der Waals surface area contributed by atoms with Crippen LogP contribution in [0.2, 0.25) is 0 Å². The molecule has 0 bridgehead atoms. The molecule has 6 heteroatoms. The van der Waals surface area contributed by atoms with Gasteiger partial charge in [0, 0.05) is 50.9 Å². The first-order valence-electron chi connectivity index (χ1n) is 8.52. The Morgan fingerprint density at radius 2 is 1.83 bits per heavy atom. The van der Waals surface area contributed by atoms with Crippen molar-refractivity contribution in [1.82, 2.24) is 14.7 Å². The molecule has 3 rings (SSSR count). The van der Waals surface area contributed by atoms with Crippen LogP contribution in [0.5, 0.6) is 0 Å². The Bertz CT molecular complexity index is 556. The third-order valence-electron chi connectivity index (χ3n) is 5.06. The van der Waals surface area contributed by atoms with Crippen LogP contribution in [0, 0.1) is 10.1 Å². The number of piperazine rings is 1. The van der Waals surface area contributed by atoms with Gasteiger partial charge in [0.1, 0.15) is 0 Å². The molecule has 0 amide bonds. The molecule has 0 spiro atoms. The standard InChI is InChI=1S/C17H26N4O2/c1-18-10-12-19(13-11-18)7-3-8-20-9-6-16-15(14-20)4-2-5-17(16)21(22)23/h2,4-5H,3,6-14H2,1H3. The van der Waals surface area contributed by atoms with Crippen molar-refractivity contribution >= 4 is 5.69 Å². The van der Waals surface area contributed by atoms with Gasteiger partial charge >= 0.3 is 0 Å².